The fourth-order valence-electron chi connectivity index (χ4n) is 3.54. The van der Waals surface area contributed by atoms with Gasteiger partial charge in [-0.1, -0.05) is 19.3 Å². The van der Waals surface area contributed by atoms with Crippen LogP contribution < -0.4 is 10.5 Å². The summed E-state index contributed by atoms with van der Waals surface area (Å²) in [5, 5.41) is -0.670. The first-order chi connectivity index (χ1) is 9.94. The molecule has 0 aliphatic heterocycles. The summed E-state index contributed by atoms with van der Waals surface area (Å²) in [6.45, 7) is 0. The van der Waals surface area contributed by atoms with Crippen molar-refractivity contribution in [2.75, 3.05) is 7.11 Å². The molecule has 0 aromatic rings. The Morgan fingerprint density at radius 3 is 2.45 bits per heavy atom. The number of nitrogens with one attached hydrogen (secondary N) is 1. The molecule has 0 aromatic heterocycles. The average Bonchev–Trinajstić information content (AvgIpc) is 2.46. The van der Waals surface area contributed by atoms with E-state index in [-0.39, 0.29) is 24.5 Å². The molecule has 0 bridgehead atoms. The molecule has 0 saturated heterocycles. The van der Waals surface area contributed by atoms with E-state index < -0.39 is 27.2 Å². The van der Waals surface area contributed by atoms with E-state index in [1.165, 1.54) is 7.11 Å². The Kier molecular flexibility index (Phi) is 7.58. The van der Waals surface area contributed by atoms with Crippen molar-refractivity contribution in [3.8, 4) is 0 Å². The van der Waals surface area contributed by atoms with Gasteiger partial charge in [0.25, 0.3) is 0 Å². The fourth-order valence-corrected chi connectivity index (χ4v) is 5.55. The summed E-state index contributed by atoms with van der Waals surface area (Å²) in [6, 6.07) is -0.0341. The third kappa shape index (κ3) is 4.81. The van der Waals surface area contributed by atoms with E-state index in [4.69, 9.17) is 10.5 Å². The highest BCUT2D eigenvalue weighted by Gasteiger charge is 2.41. The van der Waals surface area contributed by atoms with Gasteiger partial charge in [0.05, 0.1) is 18.3 Å². The number of esters is 1. The number of hydrogen-bond donors (Lipinski definition) is 2. The van der Waals surface area contributed by atoms with E-state index in [0.717, 1.165) is 32.1 Å². The van der Waals surface area contributed by atoms with Gasteiger partial charge in [-0.2, -0.15) is 0 Å². The Hall–Kier alpha value is -0.370. The molecule has 0 heterocycles. The minimum absolute atomic E-state index is 0. The lowest BCUT2D eigenvalue weighted by atomic mass is 9.89. The minimum atomic E-state index is -3.52. The van der Waals surface area contributed by atoms with E-state index in [1.54, 1.807) is 0 Å². The molecule has 4 atom stereocenters. The second-order valence-corrected chi connectivity index (χ2v) is 8.17. The smallest absolute Gasteiger partial charge is 0.310 e. The summed E-state index contributed by atoms with van der Waals surface area (Å²) >= 11 is 0. The van der Waals surface area contributed by atoms with Crippen molar-refractivity contribution in [2.45, 2.75) is 68.7 Å². The van der Waals surface area contributed by atoms with Gasteiger partial charge < -0.3 is 10.5 Å². The lowest BCUT2D eigenvalue weighted by molar-refractivity contribution is -0.146. The van der Waals surface area contributed by atoms with Crippen LogP contribution in [-0.2, 0) is 19.6 Å². The van der Waals surface area contributed by atoms with Crippen LogP contribution >= 0.6 is 12.4 Å². The zero-order valence-electron chi connectivity index (χ0n) is 13.0. The zero-order chi connectivity index (χ0) is 15.5. The van der Waals surface area contributed by atoms with Gasteiger partial charge in [0.15, 0.2) is 0 Å². The van der Waals surface area contributed by atoms with Crippen LogP contribution in [0.3, 0.4) is 0 Å². The zero-order valence-corrected chi connectivity index (χ0v) is 14.6. The van der Waals surface area contributed by atoms with Crippen LogP contribution in [0.25, 0.3) is 0 Å². The molecule has 2 rings (SSSR count). The molecule has 0 aromatic carbocycles. The highest BCUT2D eigenvalue weighted by molar-refractivity contribution is 7.90. The molecule has 2 saturated carbocycles. The van der Waals surface area contributed by atoms with Crippen molar-refractivity contribution in [2.24, 2.45) is 11.7 Å². The average molecular weight is 355 g/mol. The number of rotatable bonds is 4. The molecule has 0 amide bonds. The molecule has 8 heteroatoms. The minimum Gasteiger partial charge on any atom is -0.469 e. The third-order valence-corrected chi connectivity index (χ3v) is 6.67. The summed E-state index contributed by atoms with van der Waals surface area (Å²) in [5.41, 5.74) is 5.91. The van der Waals surface area contributed by atoms with Crippen LogP contribution in [0.5, 0.6) is 0 Å². The van der Waals surface area contributed by atoms with Crippen molar-refractivity contribution >= 4 is 28.4 Å². The molecule has 0 radical (unpaired) electrons. The number of carbonyl (C=O) groups is 1. The van der Waals surface area contributed by atoms with Crippen LogP contribution in [0.2, 0.25) is 0 Å². The first-order valence-corrected chi connectivity index (χ1v) is 9.33. The number of hydrogen-bond acceptors (Lipinski definition) is 5. The van der Waals surface area contributed by atoms with Crippen LogP contribution in [0.4, 0.5) is 0 Å². The standard InChI is InChI=1S/C14H26N2O4S.ClH/c1-20-14(17)12-7-2-3-8-13(12)21(18,19)16-11-6-4-5-10(15)9-11;/h10-13,16H,2-9,15H2,1H3;1H. The van der Waals surface area contributed by atoms with E-state index in [2.05, 4.69) is 4.72 Å². The number of carbonyl (C=O) groups excluding carboxylic acids is 1. The van der Waals surface area contributed by atoms with Crippen molar-refractivity contribution in [3.05, 3.63) is 0 Å². The van der Waals surface area contributed by atoms with Gasteiger partial charge in [-0.25, -0.2) is 13.1 Å². The van der Waals surface area contributed by atoms with Crippen molar-refractivity contribution in [1.82, 2.24) is 4.72 Å². The monoisotopic (exact) mass is 354 g/mol. The molecular weight excluding hydrogens is 328 g/mol. The number of nitrogens with two attached hydrogens (primary N) is 1. The van der Waals surface area contributed by atoms with Gasteiger partial charge in [0, 0.05) is 12.1 Å². The predicted molar refractivity (Wildman–Crippen MR) is 87.3 cm³/mol. The first kappa shape index (κ1) is 19.7. The maximum atomic E-state index is 12.6. The quantitative estimate of drug-likeness (QED) is 0.742. The second-order valence-electron chi connectivity index (χ2n) is 6.24. The summed E-state index contributed by atoms with van der Waals surface area (Å²) in [4.78, 5) is 11.8. The lowest BCUT2D eigenvalue weighted by Crippen LogP contribution is -2.49. The largest absolute Gasteiger partial charge is 0.469 e. The number of halogens is 1. The Labute approximate surface area is 139 Å². The van der Waals surface area contributed by atoms with Crippen LogP contribution in [-0.4, -0.2) is 38.8 Å². The fraction of sp³-hybridized carbons (Fsp3) is 0.929. The molecular formula is C14H27ClN2O4S. The topological polar surface area (TPSA) is 98.5 Å². The summed E-state index contributed by atoms with van der Waals surface area (Å²) in [6.07, 6.45) is 6.21. The number of methoxy groups -OCH3 is 1. The van der Waals surface area contributed by atoms with E-state index in [1.807, 2.05) is 0 Å². The van der Waals surface area contributed by atoms with Gasteiger partial charge in [0.2, 0.25) is 10.0 Å². The number of sulfonamides is 1. The summed E-state index contributed by atoms with van der Waals surface area (Å²) in [5.74, 6) is -0.955. The Balaban J connectivity index is 0.00000242. The maximum absolute atomic E-state index is 12.6. The number of ether oxygens (including phenoxy) is 1. The molecule has 6 nitrogen and oxygen atoms in total. The van der Waals surface area contributed by atoms with Crippen molar-refractivity contribution in [1.29, 1.82) is 0 Å². The Bertz CT molecular complexity index is 471. The highest BCUT2D eigenvalue weighted by Crippen LogP contribution is 2.31. The molecule has 130 valence electrons. The molecule has 2 aliphatic rings. The van der Waals surface area contributed by atoms with Gasteiger partial charge in [-0.15, -0.1) is 12.4 Å². The van der Waals surface area contributed by atoms with Gasteiger partial charge in [0.1, 0.15) is 0 Å². The Morgan fingerprint density at radius 1 is 1.14 bits per heavy atom. The molecule has 22 heavy (non-hydrogen) atoms. The summed E-state index contributed by atoms with van der Waals surface area (Å²) < 4.78 is 32.8. The highest BCUT2D eigenvalue weighted by atomic mass is 35.5. The van der Waals surface area contributed by atoms with Gasteiger partial charge in [-0.05, 0) is 32.1 Å². The van der Waals surface area contributed by atoms with Crippen LogP contribution in [0.15, 0.2) is 0 Å². The second kappa shape index (κ2) is 8.47. The van der Waals surface area contributed by atoms with E-state index in [9.17, 15) is 13.2 Å². The molecule has 2 fully saturated rings. The molecule has 0 spiro atoms. The Morgan fingerprint density at radius 2 is 1.82 bits per heavy atom. The predicted octanol–water partition coefficient (Wildman–Crippen LogP) is 1.33. The maximum Gasteiger partial charge on any atom is 0.310 e. The van der Waals surface area contributed by atoms with E-state index in [0.29, 0.717) is 19.3 Å². The molecule has 3 N–H and O–H groups in total. The SMILES string of the molecule is COC(=O)C1CCCCC1S(=O)(=O)NC1CCCC(N)C1.Cl. The lowest BCUT2D eigenvalue weighted by Gasteiger charge is -2.33. The first-order valence-electron chi connectivity index (χ1n) is 7.78. The van der Waals surface area contributed by atoms with Crippen molar-refractivity contribution < 1.29 is 17.9 Å². The third-order valence-electron chi connectivity index (χ3n) is 4.65. The normalized spacial score (nSPS) is 32.8. The molecule has 4 unspecified atom stereocenters. The van der Waals surface area contributed by atoms with Crippen LogP contribution in [0.1, 0.15) is 51.4 Å². The summed E-state index contributed by atoms with van der Waals surface area (Å²) in [7, 11) is -2.20. The van der Waals surface area contributed by atoms with Gasteiger partial charge in [-0.3, -0.25) is 4.79 Å². The van der Waals surface area contributed by atoms with Crippen molar-refractivity contribution in [3.63, 3.8) is 0 Å². The van der Waals surface area contributed by atoms with Crippen LogP contribution in [0, 0.1) is 5.92 Å². The van der Waals surface area contributed by atoms with Gasteiger partial charge >= 0.3 is 5.97 Å². The molecule has 2 aliphatic carbocycles. The van der Waals surface area contributed by atoms with E-state index >= 15 is 0 Å².